The summed E-state index contributed by atoms with van der Waals surface area (Å²) in [5.41, 5.74) is 2.07. The zero-order valence-corrected chi connectivity index (χ0v) is 10.8. The molecule has 1 heterocycles. The van der Waals surface area contributed by atoms with Crippen LogP contribution < -0.4 is 0 Å². The number of aryl methyl sites for hydroxylation is 1. The van der Waals surface area contributed by atoms with Crippen molar-refractivity contribution < 1.29 is 5.11 Å². The molecule has 2 aromatic rings. The molecule has 0 saturated heterocycles. The minimum absolute atomic E-state index is 0.116. The summed E-state index contributed by atoms with van der Waals surface area (Å²) in [7, 11) is 0. The van der Waals surface area contributed by atoms with E-state index in [0.29, 0.717) is 0 Å². The number of aromatic nitrogens is 3. The summed E-state index contributed by atoms with van der Waals surface area (Å²) >= 11 is 1.58. The van der Waals surface area contributed by atoms with E-state index in [2.05, 4.69) is 27.0 Å². The predicted octanol–water partition coefficient (Wildman–Crippen LogP) is 1.75. The second kappa shape index (κ2) is 6.24. The van der Waals surface area contributed by atoms with Gasteiger partial charge in [-0.15, -0.1) is 5.10 Å². The molecule has 0 radical (unpaired) electrons. The van der Waals surface area contributed by atoms with Gasteiger partial charge in [0.05, 0.1) is 0 Å². The molecule has 92 valence electrons. The minimum Gasteiger partial charge on any atom is -0.384 e. The molecule has 1 aromatic heterocycles. The van der Waals surface area contributed by atoms with Crippen molar-refractivity contribution in [2.75, 3.05) is 6.61 Å². The lowest BCUT2D eigenvalue weighted by Gasteiger charge is -1.99. The van der Waals surface area contributed by atoms with Gasteiger partial charge in [0, 0.05) is 11.3 Å². The Balaban J connectivity index is 2.01. The highest BCUT2D eigenvalue weighted by atomic mass is 32.2. The Morgan fingerprint density at radius 1 is 1.44 bits per heavy atom. The summed E-state index contributed by atoms with van der Waals surface area (Å²) in [5.74, 6) is 7.15. The maximum atomic E-state index is 8.65. The first-order chi connectivity index (χ1) is 8.78. The topological polar surface area (TPSA) is 61.8 Å². The van der Waals surface area contributed by atoms with E-state index in [9.17, 15) is 0 Å². The Morgan fingerprint density at radius 3 is 3.06 bits per heavy atom. The van der Waals surface area contributed by atoms with Crippen molar-refractivity contribution >= 4 is 11.8 Å². The summed E-state index contributed by atoms with van der Waals surface area (Å²) in [6, 6.07) is 7.93. The summed E-state index contributed by atoms with van der Waals surface area (Å²) in [5, 5.41) is 16.3. The molecule has 0 unspecified atom stereocenters. The van der Waals surface area contributed by atoms with Crippen molar-refractivity contribution in [2.24, 2.45) is 0 Å². The van der Waals surface area contributed by atoms with Crippen molar-refractivity contribution in [1.82, 2.24) is 15.2 Å². The first kappa shape index (κ1) is 12.7. The summed E-state index contributed by atoms with van der Waals surface area (Å²) in [4.78, 5) is 4.23. The molecule has 0 spiro atoms. The van der Waals surface area contributed by atoms with Gasteiger partial charge in [-0.2, -0.15) is 0 Å². The van der Waals surface area contributed by atoms with E-state index in [1.807, 2.05) is 31.2 Å². The molecular weight excluding hydrogens is 246 g/mol. The first-order valence-corrected chi connectivity index (χ1v) is 6.47. The number of benzene rings is 1. The van der Waals surface area contributed by atoms with Gasteiger partial charge in [0.1, 0.15) is 12.4 Å². The van der Waals surface area contributed by atoms with Gasteiger partial charge in [0.25, 0.3) is 0 Å². The van der Waals surface area contributed by atoms with Crippen LogP contribution in [0.1, 0.15) is 17.0 Å². The van der Waals surface area contributed by atoms with E-state index in [0.717, 1.165) is 27.9 Å². The van der Waals surface area contributed by atoms with Crippen LogP contribution in [0.15, 0.2) is 29.4 Å². The van der Waals surface area contributed by atoms with E-state index in [-0.39, 0.29) is 6.61 Å². The van der Waals surface area contributed by atoms with Gasteiger partial charge in [0.2, 0.25) is 5.16 Å². The average Bonchev–Trinajstić information content (AvgIpc) is 2.80. The van der Waals surface area contributed by atoms with Crippen molar-refractivity contribution in [3.05, 3.63) is 41.2 Å². The van der Waals surface area contributed by atoms with Gasteiger partial charge in [0.15, 0.2) is 0 Å². The maximum absolute atomic E-state index is 8.65. The van der Waals surface area contributed by atoms with Crippen LogP contribution in [-0.2, 0) is 5.75 Å². The Bertz CT molecular complexity index is 583. The lowest BCUT2D eigenvalue weighted by Crippen LogP contribution is -1.84. The van der Waals surface area contributed by atoms with Gasteiger partial charge >= 0.3 is 0 Å². The minimum atomic E-state index is -0.116. The van der Waals surface area contributed by atoms with Gasteiger partial charge in [-0.25, -0.2) is 4.98 Å². The molecule has 1 aromatic carbocycles. The predicted molar refractivity (Wildman–Crippen MR) is 71.1 cm³/mol. The Labute approximate surface area is 110 Å². The highest BCUT2D eigenvalue weighted by Gasteiger charge is 2.01. The number of thioether (sulfide) groups is 1. The number of aromatic amines is 1. The number of aliphatic hydroxyl groups excluding tert-OH is 1. The third-order valence-electron chi connectivity index (χ3n) is 2.18. The molecule has 0 amide bonds. The summed E-state index contributed by atoms with van der Waals surface area (Å²) in [6.07, 6.45) is 0. The lowest BCUT2D eigenvalue weighted by molar-refractivity contribution is 0.350. The molecule has 0 bridgehead atoms. The van der Waals surface area contributed by atoms with Crippen LogP contribution >= 0.6 is 11.8 Å². The molecular formula is C13H13N3OS. The number of nitrogens with zero attached hydrogens (tertiary/aromatic N) is 2. The Hall–Kier alpha value is -1.77. The van der Waals surface area contributed by atoms with Crippen LogP contribution in [0.5, 0.6) is 0 Å². The summed E-state index contributed by atoms with van der Waals surface area (Å²) in [6.45, 7) is 1.76. The molecule has 0 fully saturated rings. The fourth-order valence-corrected chi connectivity index (χ4v) is 2.20. The largest absolute Gasteiger partial charge is 0.384 e. The van der Waals surface area contributed by atoms with Crippen molar-refractivity contribution in [3.8, 4) is 11.8 Å². The zero-order valence-electron chi connectivity index (χ0n) is 9.97. The number of nitrogens with one attached hydrogen (secondary N) is 1. The zero-order chi connectivity index (χ0) is 12.8. The Kier molecular flexibility index (Phi) is 4.40. The Morgan fingerprint density at radius 2 is 2.33 bits per heavy atom. The highest BCUT2D eigenvalue weighted by Crippen LogP contribution is 2.19. The highest BCUT2D eigenvalue weighted by molar-refractivity contribution is 7.98. The quantitative estimate of drug-likeness (QED) is 0.651. The van der Waals surface area contributed by atoms with E-state index in [1.54, 1.807) is 11.8 Å². The van der Waals surface area contributed by atoms with Gasteiger partial charge in [-0.3, -0.25) is 5.10 Å². The fraction of sp³-hybridized carbons (Fsp3) is 0.231. The molecule has 4 nitrogen and oxygen atoms in total. The van der Waals surface area contributed by atoms with Crippen molar-refractivity contribution in [2.45, 2.75) is 17.8 Å². The average molecular weight is 259 g/mol. The van der Waals surface area contributed by atoms with E-state index in [4.69, 9.17) is 5.11 Å². The van der Waals surface area contributed by atoms with Gasteiger partial charge in [-0.1, -0.05) is 35.7 Å². The van der Waals surface area contributed by atoms with E-state index in [1.165, 1.54) is 0 Å². The second-order valence-electron chi connectivity index (χ2n) is 3.65. The molecule has 18 heavy (non-hydrogen) atoms. The summed E-state index contributed by atoms with van der Waals surface area (Å²) < 4.78 is 0. The molecule has 0 aliphatic carbocycles. The molecule has 2 rings (SSSR count). The molecule has 2 N–H and O–H groups in total. The van der Waals surface area contributed by atoms with Crippen LogP contribution in [0.25, 0.3) is 0 Å². The number of rotatable bonds is 3. The number of aliphatic hydroxyl groups is 1. The fourth-order valence-electron chi connectivity index (χ4n) is 1.42. The molecule has 0 atom stereocenters. The second-order valence-corrected chi connectivity index (χ2v) is 4.59. The van der Waals surface area contributed by atoms with Crippen molar-refractivity contribution in [3.63, 3.8) is 0 Å². The van der Waals surface area contributed by atoms with E-state index < -0.39 is 0 Å². The number of hydrogen-bond acceptors (Lipinski definition) is 4. The first-order valence-electron chi connectivity index (χ1n) is 5.48. The van der Waals surface area contributed by atoms with Crippen LogP contribution in [0.4, 0.5) is 0 Å². The SMILES string of the molecule is Cc1nc(SCc2cccc(C#CCO)c2)n[nH]1. The lowest BCUT2D eigenvalue weighted by atomic mass is 10.1. The van der Waals surface area contributed by atoms with Crippen LogP contribution in [0, 0.1) is 18.8 Å². The molecule has 0 aliphatic heterocycles. The van der Waals surface area contributed by atoms with Crippen LogP contribution in [0.2, 0.25) is 0 Å². The number of H-pyrrole nitrogens is 1. The maximum Gasteiger partial charge on any atom is 0.208 e. The third-order valence-corrected chi connectivity index (χ3v) is 3.10. The van der Waals surface area contributed by atoms with Crippen LogP contribution in [0.3, 0.4) is 0 Å². The van der Waals surface area contributed by atoms with Gasteiger partial charge < -0.3 is 5.11 Å². The normalized spacial score (nSPS) is 9.89. The van der Waals surface area contributed by atoms with Gasteiger partial charge in [-0.05, 0) is 24.6 Å². The smallest absolute Gasteiger partial charge is 0.208 e. The van der Waals surface area contributed by atoms with Crippen LogP contribution in [-0.4, -0.2) is 26.9 Å². The van der Waals surface area contributed by atoms with E-state index >= 15 is 0 Å². The third kappa shape index (κ3) is 3.62. The molecule has 0 saturated carbocycles. The number of hydrogen-bond donors (Lipinski definition) is 2. The standard InChI is InChI=1S/C13H13N3OS/c1-10-14-13(16-15-10)18-9-12-5-2-4-11(8-12)6-3-7-17/h2,4-5,8,17H,7,9H2,1H3,(H,14,15,16). The molecule has 0 aliphatic rings. The molecule has 5 heteroatoms. The van der Waals surface area contributed by atoms with Crippen molar-refractivity contribution in [1.29, 1.82) is 0 Å². The monoisotopic (exact) mass is 259 g/mol.